The summed E-state index contributed by atoms with van der Waals surface area (Å²) in [6, 6.07) is 9.88. The number of ether oxygens (including phenoxy) is 1. The maximum Gasteiger partial charge on any atom is 0.129 e. The first-order valence-electron chi connectivity index (χ1n) is 7.15. The van der Waals surface area contributed by atoms with Crippen molar-refractivity contribution in [2.45, 2.75) is 19.6 Å². The van der Waals surface area contributed by atoms with Crippen LogP contribution in [0.4, 0.5) is 0 Å². The molecular weight excluding hydrogens is 266 g/mol. The number of pyridine rings is 1. The Labute approximate surface area is 123 Å². The lowest BCUT2D eigenvalue weighted by Crippen LogP contribution is -2.16. The van der Waals surface area contributed by atoms with Gasteiger partial charge < -0.3 is 14.5 Å². The number of aromatic nitrogens is 2. The smallest absolute Gasteiger partial charge is 0.129 e. The highest BCUT2D eigenvalue weighted by molar-refractivity contribution is 5.53. The third-order valence-corrected chi connectivity index (χ3v) is 3.29. The molecule has 0 radical (unpaired) electrons. The van der Waals surface area contributed by atoms with Gasteiger partial charge in [-0.2, -0.15) is 5.10 Å². The molecule has 3 aromatic rings. The zero-order valence-corrected chi connectivity index (χ0v) is 11.9. The van der Waals surface area contributed by atoms with E-state index in [0.717, 1.165) is 37.4 Å². The van der Waals surface area contributed by atoms with Crippen molar-refractivity contribution in [3.05, 3.63) is 60.3 Å². The average Bonchev–Trinajstić information content (AvgIpc) is 3.16. The van der Waals surface area contributed by atoms with Crippen molar-refractivity contribution in [3.63, 3.8) is 0 Å². The van der Waals surface area contributed by atoms with Crippen molar-refractivity contribution in [2.75, 3.05) is 13.2 Å². The Bertz CT molecular complexity index is 661. The standard InChI is InChI=1S/C16H19N3O2/c1-2-8-19-16(6-1)14(12-18-19)11-17-7-4-9-20-13-15-5-3-10-21-15/h1-3,5-6,8,10,12,17H,4,7,9,11,13H2. The predicted molar refractivity (Wildman–Crippen MR) is 79.9 cm³/mol. The van der Waals surface area contributed by atoms with E-state index in [0.29, 0.717) is 6.61 Å². The van der Waals surface area contributed by atoms with Crippen LogP contribution < -0.4 is 5.32 Å². The van der Waals surface area contributed by atoms with Gasteiger partial charge in [0.15, 0.2) is 0 Å². The summed E-state index contributed by atoms with van der Waals surface area (Å²) in [5, 5.41) is 7.73. The highest BCUT2D eigenvalue weighted by Gasteiger charge is 2.02. The highest BCUT2D eigenvalue weighted by Crippen LogP contribution is 2.09. The maximum atomic E-state index is 5.54. The Kier molecular flexibility index (Phi) is 4.66. The molecule has 21 heavy (non-hydrogen) atoms. The Balaban J connectivity index is 1.33. The zero-order chi connectivity index (χ0) is 14.3. The minimum absolute atomic E-state index is 0.543. The fourth-order valence-electron chi connectivity index (χ4n) is 2.21. The van der Waals surface area contributed by atoms with E-state index in [1.165, 1.54) is 5.56 Å². The van der Waals surface area contributed by atoms with Crippen LogP contribution in [0.2, 0.25) is 0 Å². The van der Waals surface area contributed by atoms with Crippen LogP contribution in [-0.4, -0.2) is 22.8 Å². The van der Waals surface area contributed by atoms with Gasteiger partial charge in [-0.25, -0.2) is 4.52 Å². The highest BCUT2D eigenvalue weighted by atomic mass is 16.5. The fourth-order valence-corrected chi connectivity index (χ4v) is 2.21. The molecule has 110 valence electrons. The van der Waals surface area contributed by atoms with E-state index in [9.17, 15) is 0 Å². The lowest BCUT2D eigenvalue weighted by molar-refractivity contribution is 0.104. The number of hydrogen-bond donors (Lipinski definition) is 1. The van der Waals surface area contributed by atoms with E-state index in [1.807, 2.05) is 41.2 Å². The summed E-state index contributed by atoms with van der Waals surface area (Å²) in [6.45, 7) is 3.01. The quantitative estimate of drug-likeness (QED) is 0.646. The van der Waals surface area contributed by atoms with Crippen LogP contribution in [-0.2, 0) is 17.9 Å². The molecule has 0 unspecified atom stereocenters. The molecule has 0 saturated heterocycles. The first-order valence-corrected chi connectivity index (χ1v) is 7.15. The minimum atomic E-state index is 0.543. The van der Waals surface area contributed by atoms with Crippen LogP contribution in [0.25, 0.3) is 5.52 Å². The van der Waals surface area contributed by atoms with Crippen LogP contribution in [0, 0.1) is 0 Å². The largest absolute Gasteiger partial charge is 0.467 e. The fraction of sp³-hybridized carbons (Fsp3) is 0.312. The molecule has 0 aliphatic heterocycles. The molecular formula is C16H19N3O2. The van der Waals surface area contributed by atoms with Crippen molar-refractivity contribution in [1.29, 1.82) is 0 Å². The van der Waals surface area contributed by atoms with E-state index in [4.69, 9.17) is 9.15 Å². The summed E-state index contributed by atoms with van der Waals surface area (Å²) in [5.74, 6) is 0.870. The minimum Gasteiger partial charge on any atom is -0.467 e. The van der Waals surface area contributed by atoms with Gasteiger partial charge in [-0.3, -0.25) is 0 Å². The second kappa shape index (κ2) is 7.06. The summed E-state index contributed by atoms with van der Waals surface area (Å²) in [6.07, 6.45) is 6.51. The topological polar surface area (TPSA) is 51.7 Å². The summed E-state index contributed by atoms with van der Waals surface area (Å²) >= 11 is 0. The molecule has 0 aliphatic rings. The molecule has 0 fully saturated rings. The molecule has 0 aromatic carbocycles. The van der Waals surface area contributed by atoms with Crippen molar-refractivity contribution in [3.8, 4) is 0 Å². The number of nitrogens with one attached hydrogen (secondary N) is 1. The summed E-state index contributed by atoms with van der Waals surface area (Å²) < 4.78 is 12.6. The average molecular weight is 285 g/mol. The van der Waals surface area contributed by atoms with E-state index in [1.54, 1.807) is 6.26 Å². The van der Waals surface area contributed by atoms with Crippen LogP contribution in [0.1, 0.15) is 17.7 Å². The van der Waals surface area contributed by atoms with Gasteiger partial charge in [-0.1, -0.05) is 6.07 Å². The van der Waals surface area contributed by atoms with Crippen molar-refractivity contribution >= 4 is 5.52 Å². The number of hydrogen-bond acceptors (Lipinski definition) is 4. The van der Waals surface area contributed by atoms with Gasteiger partial charge in [0.1, 0.15) is 12.4 Å². The third-order valence-electron chi connectivity index (χ3n) is 3.29. The lowest BCUT2D eigenvalue weighted by Gasteiger charge is -2.04. The SMILES string of the molecule is c1coc(COCCCNCc2cnn3ccccc23)c1. The molecule has 0 bridgehead atoms. The Morgan fingerprint density at radius 3 is 3.14 bits per heavy atom. The molecule has 0 saturated carbocycles. The van der Waals surface area contributed by atoms with E-state index < -0.39 is 0 Å². The number of rotatable bonds is 8. The monoisotopic (exact) mass is 285 g/mol. The summed E-state index contributed by atoms with van der Waals surface area (Å²) in [5.41, 5.74) is 2.37. The molecule has 0 spiro atoms. The van der Waals surface area contributed by atoms with Gasteiger partial charge in [0, 0.05) is 24.9 Å². The van der Waals surface area contributed by atoms with Gasteiger partial charge in [0.2, 0.25) is 0 Å². The molecule has 0 atom stereocenters. The van der Waals surface area contributed by atoms with Crippen molar-refractivity contribution < 1.29 is 9.15 Å². The van der Waals surface area contributed by atoms with Crippen LogP contribution >= 0.6 is 0 Å². The Morgan fingerprint density at radius 1 is 1.24 bits per heavy atom. The van der Waals surface area contributed by atoms with Gasteiger partial charge in [0.05, 0.1) is 18.0 Å². The second-order valence-corrected chi connectivity index (χ2v) is 4.86. The molecule has 0 aliphatic carbocycles. The van der Waals surface area contributed by atoms with Gasteiger partial charge in [-0.15, -0.1) is 0 Å². The molecule has 3 rings (SSSR count). The van der Waals surface area contributed by atoms with Crippen LogP contribution in [0.5, 0.6) is 0 Å². The van der Waals surface area contributed by atoms with Gasteiger partial charge >= 0.3 is 0 Å². The third kappa shape index (κ3) is 3.71. The molecule has 3 aromatic heterocycles. The van der Waals surface area contributed by atoms with E-state index in [-0.39, 0.29) is 0 Å². The number of fused-ring (bicyclic) bond motifs is 1. The van der Waals surface area contributed by atoms with Gasteiger partial charge in [-0.05, 0) is 37.2 Å². The normalized spacial score (nSPS) is 11.2. The van der Waals surface area contributed by atoms with E-state index in [2.05, 4.69) is 16.5 Å². The van der Waals surface area contributed by atoms with Crippen LogP contribution in [0.15, 0.2) is 53.4 Å². The van der Waals surface area contributed by atoms with Crippen LogP contribution in [0.3, 0.4) is 0 Å². The molecule has 0 amide bonds. The zero-order valence-electron chi connectivity index (χ0n) is 11.9. The van der Waals surface area contributed by atoms with Crippen molar-refractivity contribution in [2.24, 2.45) is 0 Å². The second-order valence-electron chi connectivity index (χ2n) is 4.86. The van der Waals surface area contributed by atoms with Crippen molar-refractivity contribution in [1.82, 2.24) is 14.9 Å². The first-order chi connectivity index (χ1) is 10.4. The molecule has 3 heterocycles. The van der Waals surface area contributed by atoms with E-state index >= 15 is 0 Å². The maximum absolute atomic E-state index is 5.54. The Hall–Kier alpha value is -2.11. The predicted octanol–water partition coefficient (Wildman–Crippen LogP) is 2.62. The van der Waals surface area contributed by atoms with Gasteiger partial charge in [0.25, 0.3) is 0 Å². The molecule has 5 heteroatoms. The molecule has 1 N–H and O–H groups in total. The lowest BCUT2D eigenvalue weighted by atomic mass is 10.2. The summed E-state index contributed by atoms with van der Waals surface area (Å²) in [7, 11) is 0. The first kappa shape index (κ1) is 13.9. The number of nitrogens with zero attached hydrogens (tertiary/aromatic N) is 2. The summed E-state index contributed by atoms with van der Waals surface area (Å²) in [4.78, 5) is 0. The Morgan fingerprint density at radius 2 is 2.24 bits per heavy atom. The molecule has 5 nitrogen and oxygen atoms in total. The number of furan rings is 1.